The molecule has 32 heavy (non-hydrogen) atoms. The molecule has 0 saturated heterocycles. The van der Waals surface area contributed by atoms with Crippen molar-refractivity contribution in [2.24, 2.45) is 0 Å². The number of aromatic amines is 1. The Balaban J connectivity index is 1.57. The van der Waals surface area contributed by atoms with Gasteiger partial charge in [0.15, 0.2) is 0 Å². The lowest BCUT2D eigenvalue weighted by molar-refractivity contribution is -0.686. The third kappa shape index (κ3) is 3.96. The SMILES string of the molecule is Cc1ccc(-c2nn(-c3ccccc3)c3[nH]c(=O)c(C[NH2+]Cc4cccnc4)cc23)cc1. The summed E-state index contributed by atoms with van der Waals surface area (Å²) in [6.07, 6.45) is 3.61. The molecular formula is C26H24N5O+. The summed E-state index contributed by atoms with van der Waals surface area (Å²) >= 11 is 0. The van der Waals surface area contributed by atoms with Gasteiger partial charge in [0.2, 0.25) is 0 Å². The van der Waals surface area contributed by atoms with Crippen LogP contribution in [0.15, 0.2) is 90.0 Å². The van der Waals surface area contributed by atoms with E-state index in [1.54, 1.807) is 6.20 Å². The minimum Gasteiger partial charge on any atom is -0.339 e. The van der Waals surface area contributed by atoms with Crippen molar-refractivity contribution in [1.82, 2.24) is 19.7 Å². The van der Waals surface area contributed by atoms with Crippen molar-refractivity contribution in [3.05, 3.63) is 112 Å². The first kappa shape index (κ1) is 19.9. The van der Waals surface area contributed by atoms with Gasteiger partial charge in [0.1, 0.15) is 24.4 Å². The highest BCUT2D eigenvalue weighted by Crippen LogP contribution is 2.28. The van der Waals surface area contributed by atoms with Crippen molar-refractivity contribution in [2.75, 3.05) is 0 Å². The van der Waals surface area contributed by atoms with Crippen LogP contribution in [0.2, 0.25) is 0 Å². The number of aryl methyl sites for hydroxylation is 1. The molecule has 2 aromatic carbocycles. The lowest BCUT2D eigenvalue weighted by atomic mass is 10.1. The van der Waals surface area contributed by atoms with E-state index >= 15 is 0 Å². The zero-order valence-electron chi connectivity index (χ0n) is 17.8. The number of H-pyrrole nitrogens is 1. The van der Waals surface area contributed by atoms with E-state index in [0.29, 0.717) is 12.2 Å². The van der Waals surface area contributed by atoms with E-state index < -0.39 is 0 Å². The van der Waals surface area contributed by atoms with E-state index in [9.17, 15) is 4.79 Å². The molecule has 0 amide bonds. The van der Waals surface area contributed by atoms with Crippen molar-refractivity contribution >= 4 is 11.0 Å². The number of nitrogens with one attached hydrogen (secondary N) is 1. The Bertz CT molecular complexity index is 1400. The zero-order valence-corrected chi connectivity index (χ0v) is 17.8. The van der Waals surface area contributed by atoms with E-state index in [0.717, 1.165) is 40.0 Å². The molecular weight excluding hydrogens is 398 g/mol. The fraction of sp³-hybridized carbons (Fsp3) is 0.115. The minimum absolute atomic E-state index is 0.0903. The van der Waals surface area contributed by atoms with Crippen LogP contribution in [-0.2, 0) is 13.1 Å². The molecule has 5 rings (SSSR count). The Kier molecular flexibility index (Phi) is 5.35. The molecule has 0 spiro atoms. The number of benzene rings is 2. The topological polar surface area (TPSA) is 80.2 Å². The van der Waals surface area contributed by atoms with Gasteiger partial charge in [-0.1, -0.05) is 54.1 Å². The first-order valence-corrected chi connectivity index (χ1v) is 10.7. The van der Waals surface area contributed by atoms with Gasteiger partial charge in [-0.05, 0) is 31.2 Å². The van der Waals surface area contributed by atoms with Gasteiger partial charge in [-0.25, -0.2) is 4.68 Å². The molecule has 0 aliphatic heterocycles. The average molecular weight is 423 g/mol. The molecule has 6 heteroatoms. The van der Waals surface area contributed by atoms with Gasteiger partial charge >= 0.3 is 0 Å². The lowest BCUT2D eigenvalue weighted by Gasteiger charge is -2.04. The fourth-order valence-corrected chi connectivity index (χ4v) is 3.86. The Morgan fingerprint density at radius 1 is 0.969 bits per heavy atom. The number of nitrogens with two attached hydrogens (primary N) is 1. The molecule has 3 heterocycles. The normalized spacial score (nSPS) is 11.2. The Morgan fingerprint density at radius 2 is 1.78 bits per heavy atom. The second-order valence-corrected chi connectivity index (χ2v) is 7.91. The van der Waals surface area contributed by atoms with E-state index in [2.05, 4.69) is 46.5 Å². The quantitative estimate of drug-likeness (QED) is 0.440. The molecule has 0 aliphatic rings. The van der Waals surface area contributed by atoms with Crippen molar-refractivity contribution in [3.63, 3.8) is 0 Å². The van der Waals surface area contributed by atoms with E-state index in [1.165, 1.54) is 5.56 Å². The van der Waals surface area contributed by atoms with Gasteiger partial charge in [-0.3, -0.25) is 9.78 Å². The highest BCUT2D eigenvalue weighted by atomic mass is 16.1. The van der Waals surface area contributed by atoms with Crippen LogP contribution in [0, 0.1) is 6.92 Å². The first-order chi connectivity index (χ1) is 15.7. The highest BCUT2D eigenvalue weighted by molar-refractivity contribution is 5.92. The summed E-state index contributed by atoms with van der Waals surface area (Å²) in [6, 6.07) is 24.1. The standard InChI is InChI=1S/C26H23N5O/c1-18-9-11-20(12-10-18)24-23-14-21(17-28-16-19-6-5-13-27-15-19)26(32)29-25(23)31(30-24)22-7-3-2-4-8-22/h2-15,28H,16-17H2,1H3,(H,29,32)/p+1. The third-order valence-electron chi connectivity index (χ3n) is 5.56. The van der Waals surface area contributed by atoms with Gasteiger partial charge < -0.3 is 10.3 Å². The summed E-state index contributed by atoms with van der Waals surface area (Å²) in [6.45, 7) is 3.40. The predicted molar refractivity (Wildman–Crippen MR) is 125 cm³/mol. The van der Waals surface area contributed by atoms with Gasteiger partial charge in [0.25, 0.3) is 5.56 Å². The Hall–Kier alpha value is -4.03. The summed E-state index contributed by atoms with van der Waals surface area (Å²) in [5, 5.41) is 7.94. The van der Waals surface area contributed by atoms with Crippen LogP contribution in [0.25, 0.3) is 28.0 Å². The minimum atomic E-state index is -0.0903. The molecule has 3 aromatic heterocycles. The van der Waals surface area contributed by atoms with Crippen molar-refractivity contribution < 1.29 is 5.32 Å². The number of pyridine rings is 2. The number of rotatable bonds is 6. The van der Waals surface area contributed by atoms with Crippen molar-refractivity contribution in [3.8, 4) is 16.9 Å². The third-order valence-corrected chi connectivity index (χ3v) is 5.56. The number of nitrogens with zero attached hydrogens (tertiary/aromatic N) is 3. The molecule has 6 nitrogen and oxygen atoms in total. The van der Waals surface area contributed by atoms with Gasteiger partial charge in [-0.15, -0.1) is 0 Å². The van der Waals surface area contributed by atoms with Gasteiger partial charge in [-0.2, -0.15) is 5.10 Å². The number of aromatic nitrogens is 4. The number of hydrogen-bond donors (Lipinski definition) is 2. The summed E-state index contributed by atoms with van der Waals surface area (Å²) < 4.78 is 1.81. The maximum atomic E-state index is 12.9. The molecule has 3 N–H and O–H groups in total. The van der Waals surface area contributed by atoms with Crippen LogP contribution in [0.5, 0.6) is 0 Å². The largest absolute Gasteiger partial charge is 0.339 e. The van der Waals surface area contributed by atoms with Crippen LogP contribution >= 0.6 is 0 Å². The van der Waals surface area contributed by atoms with Crippen molar-refractivity contribution in [2.45, 2.75) is 20.0 Å². The summed E-state index contributed by atoms with van der Waals surface area (Å²) in [5.74, 6) is 0. The summed E-state index contributed by atoms with van der Waals surface area (Å²) in [7, 11) is 0. The monoisotopic (exact) mass is 422 g/mol. The zero-order chi connectivity index (χ0) is 21.9. The number of fused-ring (bicyclic) bond motifs is 1. The lowest BCUT2D eigenvalue weighted by Crippen LogP contribution is -2.81. The number of hydrogen-bond acceptors (Lipinski definition) is 3. The van der Waals surface area contributed by atoms with Gasteiger partial charge in [0, 0.05) is 28.9 Å². The Labute approximate surface area is 185 Å². The maximum Gasteiger partial charge on any atom is 0.258 e. The molecule has 0 aliphatic carbocycles. The Morgan fingerprint density at radius 3 is 2.53 bits per heavy atom. The second kappa shape index (κ2) is 8.61. The highest BCUT2D eigenvalue weighted by Gasteiger charge is 2.17. The van der Waals surface area contributed by atoms with Crippen LogP contribution < -0.4 is 10.9 Å². The first-order valence-electron chi connectivity index (χ1n) is 10.7. The van der Waals surface area contributed by atoms with Crippen molar-refractivity contribution in [1.29, 1.82) is 0 Å². The molecule has 0 fully saturated rings. The summed E-state index contributed by atoms with van der Waals surface area (Å²) in [5.41, 5.74) is 6.44. The second-order valence-electron chi connectivity index (χ2n) is 7.91. The number of para-hydroxylation sites is 1. The predicted octanol–water partition coefficient (Wildman–Crippen LogP) is 3.35. The van der Waals surface area contributed by atoms with Crippen LogP contribution in [-0.4, -0.2) is 19.7 Å². The van der Waals surface area contributed by atoms with E-state index in [-0.39, 0.29) is 5.56 Å². The van der Waals surface area contributed by atoms with Crippen LogP contribution in [0.1, 0.15) is 16.7 Å². The number of quaternary nitrogens is 1. The smallest absolute Gasteiger partial charge is 0.258 e. The van der Waals surface area contributed by atoms with Crippen LogP contribution in [0.4, 0.5) is 0 Å². The molecule has 0 unspecified atom stereocenters. The molecule has 0 radical (unpaired) electrons. The average Bonchev–Trinajstić information content (AvgIpc) is 3.19. The molecule has 0 atom stereocenters. The van der Waals surface area contributed by atoms with Crippen LogP contribution in [0.3, 0.4) is 0 Å². The molecule has 158 valence electrons. The molecule has 5 aromatic rings. The van der Waals surface area contributed by atoms with E-state index in [1.807, 2.05) is 59.4 Å². The maximum absolute atomic E-state index is 12.9. The molecule has 0 bridgehead atoms. The fourth-order valence-electron chi connectivity index (χ4n) is 3.86. The van der Waals surface area contributed by atoms with Gasteiger partial charge in [0.05, 0.1) is 11.3 Å². The molecule has 0 saturated carbocycles. The van der Waals surface area contributed by atoms with E-state index in [4.69, 9.17) is 5.10 Å². The summed E-state index contributed by atoms with van der Waals surface area (Å²) in [4.78, 5) is 20.2.